The summed E-state index contributed by atoms with van der Waals surface area (Å²) in [6.45, 7) is 14.4. The van der Waals surface area contributed by atoms with Gasteiger partial charge in [-0.15, -0.1) is 0 Å². The highest BCUT2D eigenvalue weighted by Crippen LogP contribution is 2.36. The molecule has 3 heterocycles. The number of nitrogens with zero attached hydrogens (tertiary/aromatic N) is 3. The third-order valence-corrected chi connectivity index (χ3v) is 7.93. The average Bonchev–Trinajstić information content (AvgIpc) is 3.29. The van der Waals surface area contributed by atoms with Crippen molar-refractivity contribution in [1.82, 2.24) is 14.8 Å². The maximum absolute atomic E-state index is 13.8. The summed E-state index contributed by atoms with van der Waals surface area (Å²) in [7, 11) is 0. The van der Waals surface area contributed by atoms with Gasteiger partial charge in [0.25, 0.3) is 5.91 Å². The van der Waals surface area contributed by atoms with Crippen LogP contribution in [0, 0.1) is 5.41 Å². The van der Waals surface area contributed by atoms with Crippen molar-refractivity contribution >= 4 is 40.5 Å². The number of halogens is 1. The fraction of sp³-hybridized carbons (Fsp3) is 0.484. The second-order valence-corrected chi connectivity index (χ2v) is 13.3. The third kappa shape index (κ3) is 6.02. The van der Waals surface area contributed by atoms with E-state index in [4.69, 9.17) is 21.0 Å². The molecule has 1 N–H and O–H groups in total. The number of carbonyl (C=O) groups is 3. The van der Waals surface area contributed by atoms with E-state index in [1.165, 1.54) is 0 Å². The number of furan rings is 1. The lowest BCUT2D eigenvalue weighted by molar-refractivity contribution is -0.148. The Kier molecular flexibility index (Phi) is 7.80. The highest BCUT2D eigenvalue weighted by molar-refractivity contribution is 6.30. The van der Waals surface area contributed by atoms with Crippen LogP contribution in [0.25, 0.3) is 22.4 Å². The minimum atomic E-state index is -0.975. The molecule has 9 heteroatoms. The van der Waals surface area contributed by atoms with Crippen molar-refractivity contribution in [3.05, 3.63) is 52.7 Å². The van der Waals surface area contributed by atoms with Crippen LogP contribution in [0.1, 0.15) is 77.4 Å². The zero-order valence-corrected chi connectivity index (χ0v) is 25.1. The molecule has 4 rings (SSSR count). The number of hydrogen-bond donors (Lipinski definition) is 1. The van der Waals surface area contributed by atoms with E-state index in [0.29, 0.717) is 35.8 Å². The van der Waals surface area contributed by atoms with Crippen molar-refractivity contribution in [1.29, 1.82) is 0 Å². The Morgan fingerprint density at radius 3 is 2.27 bits per heavy atom. The van der Waals surface area contributed by atoms with E-state index in [0.717, 1.165) is 16.8 Å². The van der Waals surface area contributed by atoms with E-state index in [1.54, 1.807) is 29.7 Å². The highest BCUT2D eigenvalue weighted by Gasteiger charge is 2.40. The van der Waals surface area contributed by atoms with E-state index in [-0.39, 0.29) is 35.8 Å². The van der Waals surface area contributed by atoms with Crippen LogP contribution in [0.4, 0.5) is 0 Å². The first-order valence-electron chi connectivity index (χ1n) is 13.5. The molecule has 214 valence electrons. The second-order valence-electron chi connectivity index (χ2n) is 12.9. The number of aliphatic carboxylic acids is 1. The number of carbonyl (C=O) groups excluding carboxylic acids is 2. The zero-order valence-electron chi connectivity index (χ0n) is 24.3. The van der Waals surface area contributed by atoms with Crippen LogP contribution in [0.5, 0.6) is 0 Å². The maximum atomic E-state index is 13.8. The molecule has 0 saturated carbocycles. The summed E-state index contributed by atoms with van der Waals surface area (Å²) < 4.78 is 6.21. The normalized spacial score (nSPS) is 15.9. The van der Waals surface area contributed by atoms with Crippen molar-refractivity contribution in [3.8, 4) is 11.3 Å². The first-order valence-corrected chi connectivity index (χ1v) is 13.9. The van der Waals surface area contributed by atoms with E-state index in [2.05, 4.69) is 20.8 Å². The number of carboxylic acids is 1. The van der Waals surface area contributed by atoms with Crippen LogP contribution in [0.15, 0.2) is 40.8 Å². The van der Waals surface area contributed by atoms with Gasteiger partial charge in [-0.05, 0) is 57.7 Å². The number of carboxylic acid groups (broad SMARTS) is 1. The van der Waals surface area contributed by atoms with Gasteiger partial charge in [0.05, 0.1) is 16.6 Å². The molecule has 40 heavy (non-hydrogen) atoms. The minimum Gasteiger partial charge on any atom is -0.481 e. The van der Waals surface area contributed by atoms with Gasteiger partial charge in [0, 0.05) is 48.3 Å². The molecule has 1 aromatic carbocycles. The second kappa shape index (κ2) is 10.5. The zero-order chi connectivity index (χ0) is 29.6. The van der Waals surface area contributed by atoms with Crippen LogP contribution < -0.4 is 0 Å². The Morgan fingerprint density at radius 1 is 1.05 bits per heavy atom. The average molecular weight is 568 g/mol. The van der Waals surface area contributed by atoms with Crippen molar-refractivity contribution in [2.45, 2.75) is 72.3 Å². The van der Waals surface area contributed by atoms with Crippen LogP contribution in [-0.4, -0.2) is 62.8 Å². The smallest absolute Gasteiger partial charge is 0.309 e. The summed E-state index contributed by atoms with van der Waals surface area (Å²) in [4.78, 5) is 46.4. The summed E-state index contributed by atoms with van der Waals surface area (Å²) in [5.74, 6) is -1.08. The van der Waals surface area contributed by atoms with Crippen molar-refractivity contribution in [2.75, 3.05) is 19.6 Å². The molecule has 0 radical (unpaired) electrons. The highest BCUT2D eigenvalue weighted by atomic mass is 35.5. The molecule has 0 aliphatic carbocycles. The fourth-order valence-corrected chi connectivity index (χ4v) is 5.14. The summed E-state index contributed by atoms with van der Waals surface area (Å²) in [6, 6.07) is 11.2. The number of rotatable bonds is 6. The predicted molar refractivity (Wildman–Crippen MR) is 156 cm³/mol. The third-order valence-electron chi connectivity index (χ3n) is 7.68. The molecule has 8 nitrogen and oxygen atoms in total. The first-order chi connectivity index (χ1) is 18.5. The fourth-order valence-electron chi connectivity index (χ4n) is 5.01. The standard InChI is InChI=1S/C31H38ClN3O5/c1-29(2,3)21-16-22(19-8-10-20(32)11-9-19)33-23-17-24(40-26(21)23)27(37)35-15-14-34(18-31(35,6)7)25(36)12-13-30(4,5)28(38)39/h8-11,16-17H,12-15,18H2,1-7H3,(H,38,39). The largest absolute Gasteiger partial charge is 0.481 e. The lowest BCUT2D eigenvalue weighted by atomic mass is 9.86. The van der Waals surface area contributed by atoms with Gasteiger partial charge in [-0.25, -0.2) is 4.98 Å². The van der Waals surface area contributed by atoms with Gasteiger partial charge >= 0.3 is 5.97 Å². The van der Waals surface area contributed by atoms with E-state index in [9.17, 15) is 19.5 Å². The Balaban J connectivity index is 1.59. The predicted octanol–water partition coefficient (Wildman–Crippen LogP) is 6.40. The molecule has 0 unspecified atom stereocenters. The molecule has 0 atom stereocenters. The van der Waals surface area contributed by atoms with Crippen molar-refractivity contribution < 1.29 is 23.9 Å². The number of piperazine rings is 1. The molecular formula is C31H38ClN3O5. The van der Waals surface area contributed by atoms with Crippen LogP contribution in [0.2, 0.25) is 5.02 Å². The van der Waals surface area contributed by atoms with Crippen molar-refractivity contribution in [2.24, 2.45) is 5.41 Å². The van der Waals surface area contributed by atoms with Gasteiger partial charge < -0.3 is 19.3 Å². The number of benzene rings is 1. The van der Waals surface area contributed by atoms with E-state index < -0.39 is 16.9 Å². The molecule has 2 aromatic heterocycles. The first kappa shape index (κ1) is 29.6. The Labute approximate surface area is 240 Å². The minimum absolute atomic E-state index is 0.105. The van der Waals surface area contributed by atoms with Gasteiger partial charge in [-0.2, -0.15) is 0 Å². The van der Waals surface area contributed by atoms with Crippen LogP contribution in [0.3, 0.4) is 0 Å². The number of pyridine rings is 1. The molecule has 3 aromatic rings. The monoisotopic (exact) mass is 567 g/mol. The summed E-state index contributed by atoms with van der Waals surface area (Å²) in [5, 5.41) is 10.0. The molecule has 0 spiro atoms. The Hall–Kier alpha value is -3.39. The van der Waals surface area contributed by atoms with E-state index in [1.807, 2.05) is 44.2 Å². The van der Waals surface area contributed by atoms with E-state index >= 15 is 0 Å². The molecule has 1 saturated heterocycles. The van der Waals surface area contributed by atoms with Gasteiger partial charge in [0.2, 0.25) is 5.91 Å². The van der Waals surface area contributed by atoms with Crippen LogP contribution in [-0.2, 0) is 15.0 Å². The van der Waals surface area contributed by atoms with Gasteiger partial charge in [-0.3, -0.25) is 14.4 Å². The lowest BCUT2D eigenvalue weighted by Crippen LogP contribution is -2.62. The molecule has 2 amide bonds. The van der Waals surface area contributed by atoms with Gasteiger partial charge in [0.15, 0.2) is 11.3 Å². The molecule has 1 aliphatic rings. The lowest BCUT2D eigenvalue weighted by Gasteiger charge is -2.46. The molecule has 1 fully saturated rings. The van der Waals surface area contributed by atoms with Gasteiger partial charge in [-0.1, -0.05) is 44.5 Å². The number of hydrogen-bond acceptors (Lipinski definition) is 5. The number of amides is 2. The summed E-state index contributed by atoms with van der Waals surface area (Å²) >= 11 is 6.08. The summed E-state index contributed by atoms with van der Waals surface area (Å²) in [5.41, 5.74) is 1.93. The Morgan fingerprint density at radius 2 is 1.70 bits per heavy atom. The van der Waals surface area contributed by atoms with Crippen molar-refractivity contribution in [3.63, 3.8) is 0 Å². The molecular weight excluding hydrogens is 530 g/mol. The molecule has 1 aliphatic heterocycles. The van der Waals surface area contributed by atoms with Crippen LogP contribution >= 0.6 is 11.6 Å². The maximum Gasteiger partial charge on any atom is 0.309 e. The topological polar surface area (TPSA) is 104 Å². The Bertz CT molecular complexity index is 1450. The molecule has 0 bridgehead atoms. The van der Waals surface area contributed by atoms with Gasteiger partial charge in [0.1, 0.15) is 5.52 Å². The quantitative estimate of drug-likeness (QED) is 0.369. The summed E-state index contributed by atoms with van der Waals surface area (Å²) in [6.07, 6.45) is 0.394. The number of fused-ring (bicyclic) bond motifs is 1. The SMILES string of the molecule is CC(C)(CCC(=O)N1CCN(C(=O)c2cc3nc(-c4ccc(Cl)cc4)cc(C(C)(C)C)c3o2)C(C)(C)C1)C(=O)O. The number of aromatic nitrogens is 1.